The number of aliphatic hydroxyl groups is 2. The predicted octanol–water partition coefficient (Wildman–Crippen LogP) is 3.11. The number of aryl methyl sites for hydroxylation is 4. The van der Waals surface area contributed by atoms with Gasteiger partial charge in [-0.3, -0.25) is 4.79 Å². The highest BCUT2D eigenvalue weighted by molar-refractivity contribution is 5.80. The number of benzene rings is 1. The monoisotopic (exact) mass is 412 g/mol. The van der Waals surface area contributed by atoms with E-state index in [1.54, 1.807) is 4.68 Å². The molecule has 3 unspecified atom stereocenters. The predicted molar refractivity (Wildman–Crippen MR) is 114 cm³/mol. The maximum atomic E-state index is 12.9. The third-order valence-corrected chi connectivity index (χ3v) is 7.00. The van der Waals surface area contributed by atoms with Gasteiger partial charge in [-0.1, -0.05) is 26.0 Å². The molecule has 0 aliphatic heterocycles. The van der Waals surface area contributed by atoms with E-state index in [9.17, 15) is 9.90 Å². The molecule has 30 heavy (non-hydrogen) atoms. The van der Waals surface area contributed by atoms with Crippen LogP contribution in [0.25, 0.3) is 0 Å². The Morgan fingerprint density at radius 1 is 1.30 bits per heavy atom. The molecule has 3 atom stereocenters. The van der Waals surface area contributed by atoms with Crippen LogP contribution in [0.5, 0.6) is 5.75 Å². The average molecular weight is 413 g/mol. The van der Waals surface area contributed by atoms with Crippen molar-refractivity contribution >= 4 is 5.91 Å². The van der Waals surface area contributed by atoms with Gasteiger partial charge in [0.25, 0.3) is 0 Å². The Balaban J connectivity index is 1.43. The van der Waals surface area contributed by atoms with Crippen LogP contribution >= 0.6 is 0 Å². The minimum atomic E-state index is -0.892. The summed E-state index contributed by atoms with van der Waals surface area (Å²) in [6, 6.07) is 4.05. The van der Waals surface area contributed by atoms with Crippen LogP contribution in [0.1, 0.15) is 64.6 Å². The quantitative estimate of drug-likeness (QED) is 0.730. The molecule has 0 radical (unpaired) electrons. The summed E-state index contributed by atoms with van der Waals surface area (Å²) in [5.41, 5.74) is 6.80. The third-order valence-electron chi connectivity index (χ3n) is 7.00. The fraction of sp³-hybridized carbons (Fsp3) is 0.583. The SMILES string of the molecule is Cc1cc(CCC(=O)n2nc(C)c3c2CC2C3C2(C)C)cc(C)c1OCC(O)CO. The van der Waals surface area contributed by atoms with Gasteiger partial charge in [-0.15, -0.1) is 0 Å². The molecule has 0 amide bonds. The Kier molecular flexibility index (Phi) is 5.27. The highest BCUT2D eigenvalue weighted by Gasteiger charge is 2.64. The van der Waals surface area contributed by atoms with Crippen molar-refractivity contribution in [3.05, 3.63) is 45.8 Å². The Hall–Kier alpha value is -2.18. The Morgan fingerprint density at radius 2 is 1.97 bits per heavy atom. The van der Waals surface area contributed by atoms with Crippen LogP contribution in [0.3, 0.4) is 0 Å². The highest BCUT2D eigenvalue weighted by Crippen LogP contribution is 2.70. The maximum absolute atomic E-state index is 12.9. The molecule has 162 valence electrons. The Labute approximate surface area is 177 Å². The number of rotatable bonds is 7. The molecule has 4 rings (SSSR count). The van der Waals surface area contributed by atoms with Gasteiger partial charge in [0.05, 0.1) is 18.0 Å². The van der Waals surface area contributed by atoms with Crippen molar-refractivity contribution in [2.75, 3.05) is 13.2 Å². The van der Waals surface area contributed by atoms with Crippen LogP contribution in [-0.4, -0.2) is 45.2 Å². The highest BCUT2D eigenvalue weighted by atomic mass is 16.5. The van der Waals surface area contributed by atoms with Gasteiger partial charge in [0.2, 0.25) is 5.91 Å². The van der Waals surface area contributed by atoms with E-state index < -0.39 is 6.10 Å². The van der Waals surface area contributed by atoms with Crippen LogP contribution in [0, 0.1) is 32.1 Å². The van der Waals surface area contributed by atoms with Crippen molar-refractivity contribution in [2.24, 2.45) is 11.3 Å². The molecule has 1 aromatic heterocycles. The smallest absolute Gasteiger partial charge is 0.247 e. The summed E-state index contributed by atoms with van der Waals surface area (Å²) in [6.45, 7) is 10.3. The van der Waals surface area contributed by atoms with Crippen LogP contribution in [0.4, 0.5) is 0 Å². The van der Waals surface area contributed by atoms with Crippen LogP contribution in [0.2, 0.25) is 0 Å². The van der Waals surface area contributed by atoms with E-state index in [1.807, 2.05) is 32.9 Å². The maximum Gasteiger partial charge on any atom is 0.247 e. The molecule has 1 fully saturated rings. The zero-order valence-corrected chi connectivity index (χ0v) is 18.5. The number of nitrogens with zero attached hydrogens (tertiary/aromatic N) is 2. The van der Waals surface area contributed by atoms with Gasteiger partial charge in [-0.25, -0.2) is 4.68 Å². The summed E-state index contributed by atoms with van der Waals surface area (Å²) < 4.78 is 7.33. The molecule has 0 saturated heterocycles. The molecule has 1 heterocycles. The lowest BCUT2D eigenvalue weighted by Crippen LogP contribution is -2.21. The normalized spacial score (nSPS) is 21.8. The van der Waals surface area contributed by atoms with E-state index in [-0.39, 0.29) is 19.1 Å². The summed E-state index contributed by atoms with van der Waals surface area (Å²) in [7, 11) is 0. The van der Waals surface area contributed by atoms with Crippen molar-refractivity contribution < 1.29 is 19.7 Å². The molecule has 2 aromatic rings. The molecule has 1 saturated carbocycles. The zero-order valence-electron chi connectivity index (χ0n) is 18.5. The summed E-state index contributed by atoms with van der Waals surface area (Å²) in [4.78, 5) is 12.9. The van der Waals surface area contributed by atoms with E-state index in [2.05, 4.69) is 18.9 Å². The molecule has 1 aromatic carbocycles. The summed E-state index contributed by atoms with van der Waals surface area (Å²) in [6.07, 6.45) is 1.13. The number of ether oxygens (including phenoxy) is 1. The topological polar surface area (TPSA) is 84.6 Å². The number of aliphatic hydroxyl groups excluding tert-OH is 2. The van der Waals surface area contributed by atoms with Crippen LogP contribution in [-0.2, 0) is 12.8 Å². The largest absolute Gasteiger partial charge is 0.490 e. The number of carbonyl (C=O) groups excluding carboxylic acids is 1. The molecule has 6 heteroatoms. The average Bonchev–Trinajstić information content (AvgIpc) is 3.02. The van der Waals surface area contributed by atoms with Gasteiger partial charge in [0, 0.05) is 12.0 Å². The standard InChI is InChI=1S/C24H32N2O4/c1-13-8-16(9-14(2)23(13)30-12-17(28)11-27)6-7-20(29)26-19-10-18-22(24(18,4)5)21(19)15(3)25-26/h8-9,17-18,22,27-28H,6-7,10-12H2,1-5H3. The molecule has 2 aliphatic carbocycles. The number of carbonyl (C=O) groups is 1. The Bertz CT molecular complexity index is 968. The van der Waals surface area contributed by atoms with Crippen molar-refractivity contribution in [2.45, 2.75) is 65.9 Å². The molecule has 0 bridgehead atoms. The molecule has 2 aliphatic rings. The van der Waals surface area contributed by atoms with Gasteiger partial charge in [0.15, 0.2) is 0 Å². The van der Waals surface area contributed by atoms with E-state index in [1.165, 1.54) is 5.56 Å². The van der Waals surface area contributed by atoms with Crippen molar-refractivity contribution in [1.82, 2.24) is 9.78 Å². The molecule has 0 spiro atoms. The Morgan fingerprint density at radius 3 is 2.60 bits per heavy atom. The van der Waals surface area contributed by atoms with Gasteiger partial charge in [-0.05, 0) is 67.6 Å². The van der Waals surface area contributed by atoms with E-state index >= 15 is 0 Å². The van der Waals surface area contributed by atoms with Crippen molar-refractivity contribution in [3.8, 4) is 5.75 Å². The van der Waals surface area contributed by atoms with Gasteiger partial charge < -0.3 is 14.9 Å². The summed E-state index contributed by atoms with van der Waals surface area (Å²) in [5.74, 6) is 2.00. The third kappa shape index (κ3) is 3.46. The van der Waals surface area contributed by atoms with E-state index in [4.69, 9.17) is 9.84 Å². The first kappa shape index (κ1) is 21.1. The minimum Gasteiger partial charge on any atom is -0.490 e. The van der Waals surface area contributed by atoms with E-state index in [0.717, 1.165) is 40.2 Å². The second kappa shape index (κ2) is 7.50. The molecule has 2 N–H and O–H groups in total. The fourth-order valence-corrected chi connectivity index (χ4v) is 5.30. The molecular formula is C24H32N2O4. The van der Waals surface area contributed by atoms with Crippen molar-refractivity contribution in [1.29, 1.82) is 0 Å². The molecular weight excluding hydrogens is 380 g/mol. The lowest BCUT2D eigenvalue weighted by Gasteiger charge is -2.16. The minimum absolute atomic E-state index is 0.0541. The summed E-state index contributed by atoms with van der Waals surface area (Å²) >= 11 is 0. The first-order valence-electron chi connectivity index (χ1n) is 10.8. The van der Waals surface area contributed by atoms with Gasteiger partial charge >= 0.3 is 0 Å². The molecule has 6 nitrogen and oxygen atoms in total. The second-order valence-corrected chi connectivity index (χ2v) is 9.57. The first-order valence-corrected chi connectivity index (χ1v) is 10.8. The number of aromatic nitrogens is 2. The first-order chi connectivity index (χ1) is 14.1. The van der Waals surface area contributed by atoms with Crippen LogP contribution in [0.15, 0.2) is 12.1 Å². The van der Waals surface area contributed by atoms with Crippen molar-refractivity contribution in [3.63, 3.8) is 0 Å². The lowest BCUT2D eigenvalue weighted by atomic mass is 9.98. The zero-order chi connectivity index (χ0) is 21.8. The number of fused-ring (bicyclic) bond motifs is 3. The van der Waals surface area contributed by atoms with Gasteiger partial charge in [-0.2, -0.15) is 5.10 Å². The summed E-state index contributed by atoms with van der Waals surface area (Å²) in [5, 5.41) is 23.0. The van der Waals surface area contributed by atoms with E-state index in [0.29, 0.717) is 30.1 Å². The number of hydrogen-bond donors (Lipinski definition) is 2. The lowest BCUT2D eigenvalue weighted by molar-refractivity contribution is 0.0531. The van der Waals surface area contributed by atoms with Crippen LogP contribution < -0.4 is 4.74 Å². The number of hydrogen-bond acceptors (Lipinski definition) is 5. The van der Waals surface area contributed by atoms with Gasteiger partial charge in [0.1, 0.15) is 18.5 Å². The fourth-order valence-electron chi connectivity index (χ4n) is 5.30. The second-order valence-electron chi connectivity index (χ2n) is 9.57.